The lowest BCUT2D eigenvalue weighted by Crippen LogP contribution is -2.36. The molecule has 3 aromatic carbocycles. The molecule has 0 atom stereocenters. The third kappa shape index (κ3) is 6.08. The average Bonchev–Trinajstić information content (AvgIpc) is 3.06. The van der Waals surface area contributed by atoms with Crippen molar-refractivity contribution in [2.45, 2.75) is 6.61 Å². The highest BCUT2D eigenvalue weighted by molar-refractivity contribution is 9.10. The molecule has 34 heavy (non-hydrogen) atoms. The molecule has 172 valence electrons. The summed E-state index contributed by atoms with van der Waals surface area (Å²) in [5, 5.41) is 2.60. The first kappa shape index (κ1) is 24.1. The molecule has 3 aromatic rings. The minimum atomic E-state index is -0.517. The summed E-state index contributed by atoms with van der Waals surface area (Å²) in [6.07, 6.45) is 1.62. The standard InChI is InChI=1S/C25H18BrClN2O4S/c26-20-11-17(9-10-21(20)33-15-16-5-2-1-3-6-16)12-22-24(31)29(25(32)34-22)14-23(30)28-19-8-4-7-18(27)13-19/h1-13H,14-15H2,(H,28,30)/b22-12+. The van der Waals surface area contributed by atoms with Crippen LogP contribution in [0.15, 0.2) is 82.2 Å². The van der Waals surface area contributed by atoms with Crippen LogP contribution in [0.1, 0.15) is 11.1 Å². The van der Waals surface area contributed by atoms with Crippen molar-refractivity contribution in [2.75, 3.05) is 11.9 Å². The lowest BCUT2D eigenvalue weighted by Gasteiger charge is -2.12. The van der Waals surface area contributed by atoms with E-state index >= 15 is 0 Å². The number of hydrogen-bond acceptors (Lipinski definition) is 5. The van der Waals surface area contributed by atoms with E-state index in [1.54, 1.807) is 48.5 Å². The molecule has 0 radical (unpaired) electrons. The smallest absolute Gasteiger partial charge is 0.294 e. The lowest BCUT2D eigenvalue weighted by molar-refractivity contribution is -0.127. The molecule has 1 heterocycles. The summed E-state index contributed by atoms with van der Waals surface area (Å²) >= 11 is 10.2. The normalized spacial score (nSPS) is 14.5. The summed E-state index contributed by atoms with van der Waals surface area (Å²) in [5.74, 6) is -0.350. The van der Waals surface area contributed by atoms with E-state index in [4.69, 9.17) is 16.3 Å². The molecular formula is C25H18BrClN2O4S. The predicted molar refractivity (Wildman–Crippen MR) is 138 cm³/mol. The van der Waals surface area contributed by atoms with E-state index in [0.29, 0.717) is 28.6 Å². The monoisotopic (exact) mass is 556 g/mol. The number of imide groups is 1. The topological polar surface area (TPSA) is 75.7 Å². The maximum absolute atomic E-state index is 12.8. The van der Waals surface area contributed by atoms with E-state index < -0.39 is 17.1 Å². The number of nitrogens with one attached hydrogen (secondary N) is 1. The van der Waals surface area contributed by atoms with Crippen LogP contribution in [0.4, 0.5) is 10.5 Å². The summed E-state index contributed by atoms with van der Waals surface area (Å²) in [5.41, 5.74) is 2.25. The Bertz CT molecular complexity index is 1280. The highest BCUT2D eigenvalue weighted by Gasteiger charge is 2.36. The van der Waals surface area contributed by atoms with Gasteiger partial charge in [0.25, 0.3) is 11.1 Å². The second kappa shape index (κ2) is 10.9. The fourth-order valence-electron chi connectivity index (χ4n) is 3.16. The molecule has 0 saturated carbocycles. The van der Waals surface area contributed by atoms with Gasteiger partial charge in [-0.2, -0.15) is 0 Å². The third-order valence-electron chi connectivity index (χ3n) is 4.77. The summed E-state index contributed by atoms with van der Waals surface area (Å²) in [4.78, 5) is 38.6. The van der Waals surface area contributed by atoms with Gasteiger partial charge in [-0.25, -0.2) is 0 Å². The van der Waals surface area contributed by atoms with Gasteiger partial charge in [-0.15, -0.1) is 0 Å². The molecule has 0 unspecified atom stereocenters. The zero-order valence-electron chi connectivity index (χ0n) is 17.7. The van der Waals surface area contributed by atoms with Gasteiger partial charge in [0.2, 0.25) is 5.91 Å². The first-order chi connectivity index (χ1) is 16.4. The number of anilines is 1. The molecule has 3 amide bonds. The van der Waals surface area contributed by atoms with Crippen LogP contribution in [0.2, 0.25) is 5.02 Å². The van der Waals surface area contributed by atoms with Crippen LogP contribution in [0, 0.1) is 0 Å². The Kier molecular flexibility index (Phi) is 7.72. The Morgan fingerprint density at radius 1 is 1.06 bits per heavy atom. The average molecular weight is 558 g/mol. The zero-order valence-corrected chi connectivity index (χ0v) is 20.8. The second-order valence-corrected chi connectivity index (χ2v) is 9.57. The number of rotatable bonds is 7. The molecular weight excluding hydrogens is 540 g/mol. The van der Waals surface area contributed by atoms with Gasteiger partial charge >= 0.3 is 0 Å². The Morgan fingerprint density at radius 2 is 1.85 bits per heavy atom. The number of nitrogens with zero attached hydrogens (tertiary/aromatic N) is 1. The van der Waals surface area contributed by atoms with Crippen LogP contribution in [0.3, 0.4) is 0 Å². The van der Waals surface area contributed by atoms with Crippen molar-refractivity contribution in [3.8, 4) is 5.75 Å². The quantitative estimate of drug-likeness (QED) is 0.342. The lowest BCUT2D eigenvalue weighted by atomic mass is 10.2. The molecule has 0 aliphatic carbocycles. The van der Waals surface area contributed by atoms with E-state index in [-0.39, 0.29) is 11.4 Å². The molecule has 0 aromatic heterocycles. The minimum absolute atomic E-state index is 0.241. The Labute approximate surface area is 214 Å². The van der Waals surface area contributed by atoms with Gasteiger partial charge in [0.15, 0.2) is 0 Å². The first-order valence-electron chi connectivity index (χ1n) is 10.2. The third-order valence-corrected chi connectivity index (χ3v) is 6.54. The summed E-state index contributed by atoms with van der Waals surface area (Å²) in [6.45, 7) is 0.0411. The van der Waals surface area contributed by atoms with Crippen molar-refractivity contribution in [2.24, 2.45) is 0 Å². The van der Waals surface area contributed by atoms with Gasteiger partial charge < -0.3 is 10.1 Å². The number of thioether (sulfide) groups is 1. The number of carbonyl (C=O) groups excluding carboxylic acids is 3. The number of halogens is 2. The summed E-state index contributed by atoms with van der Waals surface area (Å²) in [6, 6.07) is 21.8. The van der Waals surface area contributed by atoms with Crippen molar-refractivity contribution < 1.29 is 19.1 Å². The number of benzene rings is 3. The Hall–Kier alpha value is -3.07. The number of carbonyl (C=O) groups is 3. The van der Waals surface area contributed by atoms with Crippen LogP contribution in [-0.4, -0.2) is 28.5 Å². The van der Waals surface area contributed by atoms with Gasteiger partial charge in [0.05, 0.1) is 9.38 Å². The highest BCUT2D eigenvalue weighted by atomic mass is 79.9. The van der Waals surface area contributed by atoms with Crippen molar-refractivity contribution in [1.82, 2.24) is 4.90 Å². The van der Waals surface area contributed by atoms with Gasteiger partial charge in [0.1, 0.15) is 18.9 Å². The van der Waals surface area contributed by atoms with Crippen LogP contribution >= 0.6 is 39.3 Å². The second-order valence-electron chi connectivity index (χ2n) is 7.29. The van der Waals surface area contributed by atoms with E-state index in [9.17, 15) is 14.4 Å². The van der Waals surface area contributed by atoms with Gasteiger partial charge in [-0.05, 0) is 75.2 Å². The van der Waals surface area contributed by atoms with E-state index in [1.807, 2.05) is 30.3 Å². The van der Waals surface area contributed by atoms with E-state index in [2.05, 4.69) is 21.2 Å². The SMILES string of the molecule is O=C(CN1C(=O)S/C(=C/c2ccc(OCc3ccccc3)c(Br)c2)C1=O)Nc1cccc(Cl)c1. The molecule has 4 rings (SSSR count). The number of ether oxygens (including phenoxy) is 1. The number of hydrogen-bond donors (Lipinski definition) is 1. The first-order valence-corrected chi connectivity index (χ1v) is 12.1. The van der Waals surface area contributed by atoms with Crippen molar-refractivity contribution in [3.63, 3.8) is 0 Å². The number of amides is 3. The molecule has 1 fully saturated rings. The molecule has 1 aliphatic heterocycles. The Balaban J connectivity index is 1.40. The van der Waals surface area contributed by atoms with Gasteiger partial charge in [0, 0.05) is 10.7 Å². The summed E-state index contributed by atoms with van der Waals surface area (Å²) < 4.78 is 6.57. The molecule has 1 saturated heterocycles. The van der Waals surface area contributed by atoms with Crippen molar-refractivity contribution in [3.05, 3.63) is 98.3 Å². The predicted octanol–water partition coefficient (Wildman–Crippen LogP) is 6.36. The molecule has 1 N–H and O–H groups in total. The van der Waals surface area contributed by atoms with Gasteiger partial charge in [-0.3, -0.25) is 19.3 Å². The fourth-order valence-corrected chi connectivity index (χ4v) is 4.70. The molecule has 1 aliphatic rings. The maximum Gasteiger partial charge on any atom is 0.294 e. The zero-order chi connectivity index (χ0) is 24.1. The van der Waals surface area contributed by atoms with Crippen LogP contribution in [-0.2, 0) is 16.2 Å². The largest absolute Gasteiger partial charge is 0.488 e. The fraction of sp³-hybridized carbons (Fsp3) is 0.0800. The van der Waals surface area contributed by atoms with Crippen molar-refractivity contribution in [1.29, 1.82) is 0 Å². The maximum atomic E-state index is 12.8. The van der Waals surface area contributed by atoms with Crippen LogP contribution in [0.5, 0.6) is 5.75 Å². The molecule has 9 heteroatoms. The molecule has 6 nitrogen and oxygen atoms in total. The molecule has 0 spiro atoms. The van der Waals surface area contributed by atoms with E-state index in [1.165, 1.54) is 0 Å². The van der Waals surface area contributed by atoms with Crippen LogP contribution < -0.4 is 10.1 Å². The van der Waals surface area contributed by atoms with Crippen molar-refractivity contribution >= 4 is 68.1 Å². The van der Waals surface area contributed by atoms with Gasteiger partial charge in [-0.1, -0.05) is 54.1 Å². The Morgan fingerprint density at radius 3 is 2.59 bits per heavy atom. The van der Waals surface area contributed by atoms with Crippen LogP contribution in [0.25, 0.3) is 6.08 Å². The minimum Gasteiger partial charge on any atom is -0.488 e. The molecule has 0 bridgehead atoms. The summed E-state index contributed by atoms with van der Waals surface area (Å²) in [7, 11) is 0. The van der Waals surface area contributed by atoms with E-state index in [0.717, 1.165) is 26.7 Å². The highest BCUT2D eigenvalue weighted by Crippen LogP contribution is 2.34.